The van der Waals surface area contributed by atoms with Crippen molar-refractivity contribution in [1.29, 1.82) is 0 Å². The van der Waals surface area contributed by atoms with Gasteiger partial charge >= 0.3 is 6.18 Å². The van der Waals surface area contributed by atoms with Crippen molar-refractivity contribution in [2.24, 2.45) is 5.41 Å². The van der Waals surface area contributed by atoms with Crippen LogP contribution < -0.4 is 0 Å². The third-order valence-corrected chi connectivity index (χ3v) is 13.5. The normalized spacial score (nSPS) is 21.5. The molecule has 1 aromatic heterocycles. The molecular formula is C31H44F3NO3Si. The van der Waals surface area contributed by atoms with Crippen molar-refractivity contribution in [3.05, 3.63) is 63.5 Å². The van der Waals surface area contributed by atoms with Gasteiger partial charge in [0.1, 0.15) is 6.10 Å². The molecule has 2 atom stereocenters. The van der Waals surface area contributed by atoms with Crippen LogP contribution in [0.3, 0.4) is 0 Å². The Kier molecular flexibility index (Phi) is 8.20. The number of halogens is 3. The molecule has 0 radical (unpaired) electrons. The van der Waals surface area contributed by atoms with Crippen LogP contribution >= 0.6 is 0 Å². The fraction of sp³-hybridized carbons (Fsp3) is 0.645. The zero-order valence-corrected chi connectivity index (χ0v) is 25.6. The Labute approximate surface area is 232 Å². The van der Waals surface area contributed by atoms with Crippen molar-refractivity contribution < 1.29 is 27.4 Å². The maximum Gasteiger partial charge on any atom is 0.416 e. The summed E-state index contributed by atoms with van der Waals surface area (Å²) in [6, 6.07) is 4.85. The lowest BCUT2D eigenvalue weighted by molar-refractivity contribution is -0.137. The van der Waals surface area contributed by atoms with Crippen LogP contribution in [0.1, 0.15) is 111 Å². The van der Waals surface area contributed by atoms with E-state index in [2.05, 4.69) is 47.7 Å². The number of rotatable bonds is 5. The third kappa shape index (κ3) is 6.29. The Morgan fingerprint density at radius 2 is 1.67 bits per heavy atom. The minimum atomic E-state index is -4.43. The summed E-state index contributed by atoms with van der Waals surface area (Å²) in [5, 5.41) is 11.8. The van der Waals surface area contributed by atoms with E-state index in [1.165, 1.54) is 12.1 Å². The summed E-state index contributed by atoms with van der Waals surface area (Å²) in [7, 11) is -2.14. The molecule has 0 bridgehead atoms. The number of pyridine rings is 1. The van der Waals surface area contributed by atoms with E-state index in [0.29, 0.717) is 24.3 Å². The van der Waals surface area contributed by atoms with Gasteiger partial charge in [0.05, 0.1) is 17.4 Å². The van der Waals surface area contributed by atoms with Gasteiger partial charge in [-0.15, -0.1) is 0 Å². The quantitative estimate of drug-likeness (QED) is 0.371. The first-order valence-corrected chi connectivity index (χ1v) is 17.0. The van der Waals surface area contributed by atoms with Gasteiger partial charge in [-0.2, -0.15) is 13.2 Å². The molecule has 4 nitrogen and oxygen atoms in total. The topological polar surface area (TPSA) is 51.6 Å². The second-order valence-corrected chi connectivity index (χ2v) is 18.5. The molecule has 1 N–H and O–H groups in total. The molecule has 8 heteroatoms. The number of hydrogen-bond donors (Lipinski definition) is 1. The highest BCUT2D eigenvalue weighted by Gasteiger charge is 2.44. The predicted octanol–water partition coefficient (Wildman–Crippen LogP) is 8.42. The molecule has 4 rings (SSSR count). The van der Waals surface area contributed by atoms with Gasteiger partial charge in [-0.25, -0.2) is 0 Å². The lowest BCUT2D eigenvalue weighted by Crippen LogP contribution is -2.44. The van der Waals surface area contributed by atoms with Crippen molar-refractivity contribution in [1.82, 2.24) is 4.98 Å². The zero-order chi connectivity index (χ0) is 29.0. The monoisotopic (exact) mass is 563 g/mol. The fourth-order valence-corrected chi connectivity index (χ4v) is 7.06. The van der Waals surface area contributed by atoms with Crippen LogP contribution in [0, 0.1) is 12.3 Å². The standard InChI is InChI=1S/C31H44F3NO3Si/c1-19-25-23(17-30(5,6)18-24(25)38-39(7,8)29(2,3)4)35-27(20-13-15-37-16-14-20)26(19)28(36)21-9-11-22(12-10-21)31(32,33)34/h9-12,20,24,28,36H,13-18H2,1-8H3/t24-,28-/m0/s1. The SMILES string of the molecule is Cc1c([C@@H](O)c2ccc(C(F)(F)F)cc2)c(C2CCOCC2)nc2c1[C@@H](O[Si](C)(C)C(C)(C)C)CC(C)(C)C2. The van der Waals surface area contributed by atoms with Crippen LogP contribution in [0.15, 0.2) is 24.3 Å². The van der Waals surface area contributed by atoms with Crippen LogP contribution in [0.2, 0.25) is 18.1 Å². The molecule has 1 aromatic carbocycles. The molecular weight excluding hydrogens is 519 g/mol. The van der Waals surface area contributed by atoms with Gasteiger partial charge in [0.25, 0.3) is 0 Å². The van der Waals surface area contributed by atoms with E-state index >= 15 is 0 Å². The maximum absolute atomic E-state index is 13.2. The first-order chi connectivity index (χ1) is 17.9. The molecule has 1 aliphatic heterocycles. The largest absolute Gasteiger partial charge is 0.416 e. The highest BCUT2D eigenvalue weighted by molar-refractivity contribution is 6.74. The van der Waals surface area contributed by atoms with Crippen LogP contribution in [0.5, 0.6) is 0 Å². The van der Waals surface area contributed by atoms with Crippen LogP contribution in [0.25, 0.3) is 0 Å². The van der Waals surface area contributed by atoms with E-state index in [4.69, 9.17) is 14.1 Å². The second kappa shape index (κ2) is 10.6. The molecule has 0 unspecified atom stereocenters. The Balaban J connectivity index is 1.88. The highest BCUT2D eigenvalue weighted by Crippen LogP contribution is 2.50. The van der Waals surface area contributed by atoms with Crippen LogP contribution in [0.4, 0.5) is 13.2 Å². The molecule has 2 aliphatic rings. The smallest absolute Gasteiger partial charge is 0.410 e. The average Bonchev–Trinajstić information content (AvgIpc) is 2.81. The number of aliphatic hydroxyl groups is 1. The lowest BCUT2D eigenvalue weighted by Gasteiger charge is -2.45. The summed E-state index contributed by atoms with van der Waals surface area (Å²) in [6.07, 6.45) is -2.42. The average molecular weight is 564 g/mol. The van der Waals surface area contributed by atoms with E-state index in [0.717, 1.165) is 60.3 Å². The van der Waals surface area contributed by atoms with Gasteiger partial charge < -0.3 is 14.3 Å². The summed E-state index contributed by atoms with van der Waals surface area (Å²) >= 11 is 0. The summed E-state index contributed by atoms with van der Waals surface area (Å²) in [6.45, 7) is 19.0. The minimum absolute atomic E-state index is 0.0000243. The van der Waals surface area contributed by atoms with Crippen LogP contribution in [-0.4, -0.2) is 31.6 Å². The minimum Gasteiger partial charge on any atom is -0.410 e. The Morgan fingerprint density at radius 3 is 2.21 bits per heavy atom. The number of hydrogen-bond acceptors (Lipinski definition) is 4. The Bertz CT molecular complexity index is 1180. The lowest BCUT2D eigenvalue weighted by atomic mass is 9.72. The molecule has 1 saturated heterocycles. The van der Waals surface area contributed by atoms with E-state index < -0.39 is 26.2 Å². The number of ether oxygens (including phenoxy) is 1. The molecule has 0 amide bonds. The summed E-state index contributed by atoms with van der Waals surface area (Å²) < 4.78 is 52.4. The molecule has 1 fully saturated rings. The van der Waals surface area contributed by atoms with Gasteiger partial charge in [0, 0.05) is 36.0 Å². The second-order valence-electron chi connectivity index (χ2n) is 13.7. The number of benzene rings is 1. The molecule has 2 heterocycles. The molecule has 0 spiro atoms. The maximum atomic E-state index is 13.2. The molecule has 39 heavy (non-hydrogen) atoms. The van der Waals surface area contributed by atoms with E-state index in [9.17, 15) is 18.3 Å². The summed E-state index contributed by atoms with van der Waals surface area (Å²) in [5.41, 5.74) is 4.30. The number of nitrogens with zero attached hydrogens (tertiary/aromatic N) is 1. The van der Waals surface area contributed by atoms with Crippen molar-refractivity contribution in [2.45, 2.75) is 110 Å². The first kappa shape index (κ1) is 30.2. The summed E-state index contributed by atoms with van der Waals surface area (Å²) in [5.74, 6) is 0.117. The number of alkyl halides is 3. The molecule has 0 saturated carbocycles. The van der Waals surface area contributed by atoms with Crippen molar-refractivity contribution in [2.75, 3.05) is 13.2 Å². The van der Waals surface area contributed by atoms with Gasteiger partial charge in [-0.3, -0.25) is 4.98 Å². The van der Waals surface area contributed by atoms with Gasteiger partial charge in [-0.05, 0) is 79.4 Å². The van der Waals surface area contributed by atoms with E-state index in [-0.39, 0.29) is 22.5 Å². The molecule has 216 valence electrons. The first-order valence-electron chi connectivity index (χ1n) is 14.1. The number of aromatic nitrogens is 1. The van der Waals surface area contributed by atoms with Crippen molar-refractivity contribution in [3.8, 4) is 0 Å². The zero-order valence-electron chi connectivity index (χ0n) is 24.6. The van der Waals surface area contributed by atoms with Crippen LogP contribution in [-0.2, 0) is 21.8 Å². The van der Waals surface area contributed by atoms with Crippen molar-refractivity contribution in [3.63, 3.8) is 0 Å². The Hall–Kier alpha value is -1.74. The molecule has 1 aliphatic carbocycles. The molecule has 2 aromatic rings. The highest BCUT2D eigenvalue weighted by atomic mass is 28.4. The van der Waals surface area contributed by atoms with Gasteiger partial charge in [0.2, 0.25) is 0 Å². The van der Waals surface area contributed by atoms with Gasteiger partial charge in [-0.1, -0.05) is 46.8 Å². The number of fused-ring (bicyclic) bond motifs is 1. The third-order valence-electron chi connectivity index (χ3n) is 9.03. The van der Waals surface area contributed by atoms with E-state index in [1.54, 1.807) is 0 Å². The number of aliphatic hydroxyl groups excluding tert-OH is 1. The Morgan fingerprint density at radius 1 is 1.08 bits per heavy atom. The predicted molar refractivity (Wildman–Crippen MR) is 150 cm³/mol. The summed E-state index contributed by atoms with van der Waals surface area (Å²) in [4.78, 5) is 5.28. The van der Waals surface area contributed by atoms with Gasteiger partial charge in [0.15, 0.2) is 8.32 Å². The van der Waals surface area contributed by atoms with Crippen molar-refractivity contribution >= 4 is 8.32 Å². The fourth-order valence-electron chi connectivity index (χ4n) is 5.79. The van der Waals surface area contributed by atoms with E-state index in [1.807, 2.05) is 6.92 Å².